The summed E-state index contributed by atoms with van der Waals surface area (Å²) < 4.78 is 0. The number of carbonyl (C=O) groups excluding carboxylic acids is 2. The van der Waals surface area contributed by atoms with E-state index in [-0.39, 0.29) is 11.6 Å². The Hall–Kier alpha value is -1.12. The molecule has 0 aromatic heterocycles. The summed E-state index contributed by atoms with van der Waals surface area (Å²) in [6.45, 7) is 2.60. The smallest absolute Gasteiger partial charge is 0.147 e. The first-order valence-electron chi connectivity index (χ1n) is 6.08. The summed E-state index contributed by atoms with van der Waals surface area (Å²) in [4.78, 5) is 27.2. The summed E-state index contributed by atoms with van der Waals surface area (Å²) in [5.74, 6) is 2.79. The fraction of sp³-hybridized carbons (Fsp3) is 0.750. The van der Waals surface area contributed by atoms with Crippen molar-refractivity contribution in [3.05, 3.63) is 5.70 Å². The zero-order valence-corrected chi connectivity index (χ0v) is 9.11. The van der Waals surface area contributed by atoms with Gasteiger partial charge in [-0.3, -0.25) is 9.69 Å². The van der Waals surface area contributed by atoms with Gasteiger partial charge in [-0.2, -0.15) is 0 Å². The molecule has 4 rings (SSSR count). The van der Waals surface area contributed by atoms with Crippen molar-refractivity contribution in [1.29, 1.82) is 0 Å². The molecular weight excluding hydrogens is 204 g/mol. The molecule has 2 aliphatic heterocycles. The van der Waals surface area contributed by atoms with Gasteiger partial charge in [-0.05, 0) is 12.8 Å². The Morgan fingerprint density at radius 2 is 2.25 bits per heavy atom. The molecule has 16 heavy (non-hydrogen) atoms. The maximum atomic E-state index is 12.0. The first-order valence-corrected chi connectivity index (χ1v) is 6.08. The van der Waals surface area contributed by atoms with Crippen molar-refractivity contribution in [2.24, 2.45) is 11.3 Å². The second kappa shape index (κ2) is 2.58. The number of fused-ring (bicyclic) bond motifs is 4. The fourth-order valence-corrected chi connectivity index (χ4v) is 4.25. The van der Waals surface area contributed by atoms with Crippen molar-refractivity contribution in [2.75, 3.05) is 19.6 Å². The van der Waals surface area contributed by atoms with E-state index < -0.39 is 0 Å². The highest BCUT2D eigenvalue weighted by Gasteiger charge is 2.74. The van der Waals surface area contributed by atoms with Crippen molar-refractivity contribution in [1.82, 2.24) is 9.80 Å². The molecule has 2 saturated heterocycles. The highest BCUT2D eigenvalue weighted by molar-refractivity contribution is 6.05. The molecule has 0 aromatic carbocycles. The molecule has 0 radical (unpaired) electrons. The topological polar surface area (TPSA) is 40.6 Å². The second-order valence-electron chi connectivity index (χ2n) is 5.44. The minimum Gasteiger partial charge on any atom is -0.347 e. The lowest BCUT2D eigenvalue weighted by molar-refractivity contribution is -0.115. The molecule has 0 spiro atoms. The number of ketones is 1. The minimum absolute atomic E-state index is 0.102. The van der Waals surface area contributed by atoms with E-state index >= 15 is 0 Å². The van der Waals surface area contributed by atoms with Gasteiger partial charge in [-0.25, -0.2) is 4.79 Å². The molecule has 0 amide bonds. The Kier molecular flexibility index (Phi) is 1.45. The largest absolute Gasteiger partial charge is 0.347 e. The fourth-order valence-electron chi connectivity index (χ4n) is 4.25. The van der Waals surface area contributed by atoms with E-state index in [0.717, 1.165) is 31.6 Å². The number of piperazine rings is 1. The van der Waals surface area contributed by atoms with Gasteiger partial charge in [-0.15, -0.1) is 0 Å². The molecule has 4 atom stereocenters. The SMILES string of the molecule is O=C=C1CN2CCN1C2C12CCCC1C2=O. The van der Waals surface area contributed by atoms with Crippen LogP contribution in [0.2, 0.25) is 0 Å². The summed E-state index contributed by atoms with van der Waals surface area (Å²) in [7, 11) is 0. The molecule has 4 aliphatic rings. The van der Waals surface area contributed by atoms with Gasteiger partial charge in [0.2, 0.25) is 0 Å². The van der Waals surface area contributed by atoms with Crippen molar-refractivity contribution in [3.8, 4) is 0 Å². The third kappa shape index (κ3) is 0.761. The molecule has 0 N–H and O–H groups in total. The predicted octanol–water partition coefficient (Wildman–Crippen LogP) is 0.0284. The number of rotatable bonds is 1. The van der Waals surface area contributed by atoms with Crippen LogP contribution in [0.15, 0.2) is 5.70 Å². The van der Waals surface area contributed by atoms with Gasteiger partial charge in [-0.1, -0.05) is 6.42 Å². The molecule has 2 saturated carbocycles. The van der Waals surface area contributed by atoms with Gasteiger partial charge < -0.3 is 4.90 Å². The van der Waals surface area contributed by atoms with E-state index in [4.69, 9.17) is 0 Å². The highest BCUT2D eigenvalue weighted by atomic mass is 16.1. The number of nitrogens with zero attached hydrogens (tertiary/aromatic N) is 2. The minimum atomic E-state index is -0.102. The van der Waals surface area contributed by atoms with Gasteiger partial charge in [0, 0.05) is 19.0 Å². The van der Waals surface area contributed by atoms with Crippen molar-refractivity contribution < 1.29 is 9.59 Å². The van der Waals surface area contributed by atoms with Gasteiger partial charge in [0.1, 0.15) is 17.4 Å². The monoisotopic (exact) mass is 218 g/mol. The Bertz CT molecular complexity index is 440. The first-order chi connectivity index (χ1) is 7.79. The van der Waals surface area contributed by atoms with E-state index in [9.17, 15) is 9.59 Å². The Morgan fingerprint density at radius 1 is 1.38 bits per heavy atom. The average Bonchev–Trinajstić information content (AvgIpc) is 2.82. The summed E-state index contributed by atoms with van der Waals surface area (Å²) in [5.41, 5.74) is 0.658. The zero-order valence-electron chi connectivity index (χ0n) is 9.11. The number of carbonyl (C=O) groups is 1. The molecule has 2 heterocycles. The standard InChI is InChI=1S/C12H14N2O2/c15-7-8-6-13-4-5-14(8)11(13)12-3-1-2-9(12)10(12)16/h9,11H,1-6H2. The van der Waals surface area contributed by atoms with Crippen LogP contribution in [-0.2, 0) is 9.59 Å². The summed E-state index contributed by atoms with van der Waals surface area (Å²) in [6, 6.07) is 0. The van der Waals surface area contributed by atoms with Crippen LogP contribution in [0.25, 0.3) is 0 Å². The maximum absolute atomic E-state index is 12.0. The van der Waals surface area contributed by atoms with Crippen LogP contribution in [0.4, 0.5) is 0 Å². The number of hydrogen-bond acceptors (Lipinski definition) is 4. The quantitative estimate of drug-likeness (QED) is 0.582. The lowest BCUT2D eigenvalue weighted by Crippen LogP contribution is -2.38. The van der Waals surface area contributed by atoms with E-state index in [1.54, 1.807) is 0 Å². The van der Waals surface area contributed by atoms with Gasteiger partial charge >= 0.3 is 0 Å². The zero-order chi connectivity index (χ0) is 10.9. The lowest BCUT2D eigenvalue weighted by atomic mass is 9.99. The van der Waals surface area contributed by atoms with Crippen LogP contribution in [0.1, 0.15) is 19.3 Å². The number of Topliss-reactive ketones (excluding diaryl/α,β-unsaturated/α-hetero) is 1. The van der Waals surface area contributed by atoms with Crippen LogP contribution >= 0.6 is 0 Å². The number of hydrogen-bond donors (Lipinski definition) is 0. The molecular formula is C12H14N2O2. The van der Waals surface area contributed by atoms with Crippen molar-refractivity contribution in [3.63, 3.8) is 0 Å². The van der Waals surface area contributed by atoms with Crippen LogP contribution in [0.3, 0.4) is 0 Å². The van der Waals surface area contributed by atoms with Gasteiger partial charge in [0.25, 0.3) is 0 Å². The van der Waals surface area contributed by atoms with Crippen LogP contribution < -0.4 is 0 Å². The lowest BCUT2D eigenvalue weighted by Gasteiger charge is -2.27. The molecule has 4 heteroatoms. The highest BCUT2D eigenvalue weighted by Crippen LogP contribution is 2.65. The molecule has 84 valence electrons. The van der Waals surface area contributed by atoms with Gasteiger partial charge in [0.15, 0.2) is 0 Å². The maximum Gasteiger partial charge on any atom is 0.147 e. The molecule has 2 aliphatic carbocycles. The average molecular weight is 218 g/mol. The molecule has 2 bridgehead atoms. The Labute approximate surface area is 93.9 Å². The Morgan fingerprint density at radius 3 is 2.88 bits per heavy atom. The second-order valence-corrected chi connectivity index (χ2v) is 5.44. The van der Waals surface area contributed by atoms with Crippen molar-refractivity contribution >= 4 is 11.7 Å². The molecule has 4 fully saturated rings. The predicted molar refractivity (Wildman–Crippen MR) is 56.1 cm³/mol. The van der Waals surface area contributed by atoms with Crippen LogP contribution in [0.5, 0.6) is 0 Å². The van der Waals surface area contributed by atoms with Crippen molar-refractivity contribution in [2.45, 2.75) is 25.4 Å². The van der Waals surface area contributed by atoms with Crippen LogP contribution in [-0.4, -0.2) is 47.3 Å². The molecule has 4 unspecified atom stereocenters. The Balaban J connectivity index is 1.75. The van der Waals surface area contributed by atoms with Gasteiger partial charge in [0.05, 0.1) is 18.1 Å². The van der Waals surface area contributed by atoms with Crippen LogP contribution in [0, 0.1) is 11.3 Å². The normalized spacial score (nSPS) is 48.5. The van der Waals surface area contributed by atoms with E-state index in [0.29, 0.717) is 18.2 Å². The summed E-state index contributed by atoms with van der Waals surface area (Å²) in [5, 5.41) is 0. The summed E-state index contributed by atoms with van der Waals surface area (Å²) >= 11 is 0. The third-order valence-electron chi connectivity index (χ3n) is 4.94. The first kappa shape index (κ1) is 8.97. The van der Waals surface area contributed by atoms with E-state index in [1.165, 1.54) is 6.42 Å². The molecule has 0 aromatic rings. The third-order valence-corrected chi connectivity index (χ3v) is 4.94. The van der Waals surface area contributed by atoms with E-state index in [2.05, 4.69) is 9.80 Å². The molecule has 4 nitrogen and oxygen atoms in total. The van der Waals surface area contributed by atoms with E-state index in [1.807, 2.05) is 5.94 Å². The summed E-state index contributed by atoms with van der Waals surface area (Å²) in [6.07, 6.45) is 3.47.